The molecular weight excluding hydrogens is 290 g/mol. The Labute approximate surface area is 135 Å². The zero-order valence-electron chi connectivity index (χ0n) is 13.8. The summed E-state index contributed by atoms with van der Waals surface area (Å²) < 4.78 is 2.11. The molecule has 0 amide bonds. The Kier molecular flexibility index (Phi) is 3.95. The van der Waals surface area contributed by atoms with Gasteiger partial charge in [-0.1, -0.05) is 19.1 Å². The Morgan fingerprint density at radius 1 is 1.35 bits per heavy atom. The molecule has 3 aromatic rings. The number of aromatic amines is 1. The summed E-state index contributed by atoms with van der Waals surface area (Å²) in [6.07, 6.45) is 0. The predicted octanol–water partition coefficient (Wildman–Crippen LogP) is 1.47. The fraction of sp³-hybridized carbons (Fsp3) is 0.412. The molecule has 0 aliphatic heterocycles. The first-order valence-electron chi connectivity index (χ1n) is 7.92. The van der Waals surface area contributed by atoms with E-state index in [4.69, 9.17) is 5.73 Å². The molecule has 3 rings (SSSR count). The lowest BCUT2D eigenvalue weighted by Crippen LogP contribution is -2.47. The van der Waals surface area contributed by atoms with Crippen molar-refractivity contribution in [3.05, 3.63) is 30.1 Å². The number of H-pyrrole nitrogens is 1. The molecule has 0 aliphatic rings. The van der Waals surface area contributed by atoms with Crippen molar-refractivity contribution in [3.8, 4) is 0 Å². The van der Waals surface area contributed by atoms with Gasteiger partial charge >= 0.3 is 0 Å². The van der Waals surface area contributed by atoms with Crippen molar-refractivity contribution < 1.29 is 9.67 Å². The van der Waals surface area contributed by atoms with E-state index >= 15 is 0 Å². The van der Waals surface area contributed by atoms with Crippen molar-refractivity contribution in [1.29, 1.82) is 0 Å². The maximum Gasteiger partial charge on any atom is 0.269 e. The lowest BCUT2D eigenvalue weighted by Gasteiger charge is -2.16. The van der Waals surface area contributed by atoms with E-state index in [-0.39, 0.29) is 0 Å². The third-order valence-electron chi connectivity index (χ3n) is 3.85. The van der Waals surface area contributed by atoms with E-state index in [1.54, 1.807) is 0 Å². The summed E-state index contributed by atoms with van der Waals surface area (Å²) in [6.45, 7) is 7.70. The molecule has 0 bridgehead atoms. The van der Waals surface area contributed by atoms with E-state index in [1.165, 1.54) is 0 Å². The number of pyridine rings is 1. The van der Waals surface area contributed by atoms with Crippen LogP contribution in [0.25, 0.3) is 21.9 Å². The number of nitrogens with one attached hydrogen (secondary N) is 2. The van der Waals surface area contributed by atoms with Crippen LogP contribution in [-0.4, -0.2) is 27.2 Å². The highest BCUT2D eigenvalue weighted by atomic mass is 16.3. The van der Waals surface area contributed by atoms with Crippen LogP contribution in [-0.2, 0) is 13.1 Å². The van der Waals surface area contributed by atoms with Crippen LogP contribution in [0.1, 0.15) is 26.6 Å². The molecule has 122 valence electrons. The smallest absolute Gasteiger partial charge is 0.269 e. The predicted molar refractivity (Wildman–Crippen MR) is 91.9 cm³/mol. The fourth-order valence-electron chi connectivity index (χ4n) is 2.91. The second-order valence-electron chi connectivity index (χ2n) is 6.49. The van der Waals surface area contributed by atoms with Crippen molar-refractivity contribution in [2.24, 2.45) is 0 Å². The number of rotatable bonds is 5. The summed E-state index contributed by atoms with van der Waals surface area (Å²) in [5.41, 5.74) is 7.99. The summed E-state index contributed by atoms with van der Waals surface area (Å²) >= 11 is 0. The van der Waals surface area contributed by atoms with Gasteiger partial charge in [0.1, 0.15) is 6.54 Å². The van der Waals surface area contributed by atoms with Gasteiger partial charge in [0, 0.05) is 0 Å². The summed E-state index contributed by atoms with van der Waals surface area (Å²) in [6, 6.07) is 7.94. The summed E-state index contributed by atoms with van der Waals surface area (Å²) in [4.78, 5) is 7.87. The van der Waals surface area contributed by atoms with Gasteiger partial charge in [-0.05, 0) is 32.5 Å². The third kappa shape index (κ3) is 3.00. The van der Waals surface area contributed by atoms with Crippen molar-refractivity contribution in [2.45, 2.75) is 39.5 Å². The van der Waals surface area contributed by atoms with Crippen molar-refractivity contribution in [2.75, 3.05) is 12.3 Å². The molecule has 6 nitrogen and oxygen atoms in total. The van der Waals surface area contributed by atoms with Crippen LogP contribution in [0.4, 0.5) is 5.82 Å². The van der Waals surface area contributed by atoms with Crippen LogP contribution in [0, 0.1) is 0 Å². The third-order valence-corrected chi connectivity index (χ3v) is 3.85. The van der Waals surface area contributed by atoms with E-state index < -0.39 is 5.60 Å². The van der Waals surface area contributed by atoms with E-state index in [9.17, 15) is 5.11 Å². The molecule has 2 aromatic heterocycles. The highest BCUT2D eigenvalue weighted by Gasteiger charge is 2.27. The Morgan fingerprint density at radius 2 is 2.09 bits per heavy atom. The summed E-state index contributed by atoms with van der Waals surface area (Å²) in [5.74, 6) is 1.46. The molecule has 6 heteroatoms. The van der Waals surface area contributed by atoms with Crippen LogP contribution in [0.15, 0.2) is 24.3 Å². The second-order valence-corrected chi connectivity index (χ2v) is 6.49. The van der Waals surface area contributed by atoms with Crippen LogP contribution >= 0.6 is 0 Å². The number of benzene rings is 1. The molecule has 1 aromatic carbocycles. The van der Waals surface area contributed by atoms with Gasteiger partial charge < -0.3 is 16.2 Å². The molecular formula is C17H24N5O+. The van der Waals surface area contributed by atoms with Crippen LogP contribution < -0.4 is 15.6 Å². The molecule has 0 aliphatic carbocycles. The average molecular weight is 314 g/mol. The number of fused-ring (bicyclic) bond motifs is 3. The van der Waals surface area contributed by atoms with Crippen molar-refractivity contribution in [3.63, 3.8) is 0 Å². The minimum absolute atomic E-state index is 0.473. The van der Waals surface area contributed by atoms with Gasteiger partial charge in [0.2, 0.25) is 5.52 Å². The Hall–Kier alpha value is -2.18. The van der Waals surface area contributed by atoms with Crippen LogP contribution in [0.5, 0.6) is 0 Å². The first kappa shape index (κ1) is 15.7. The molecule has 5 N–H and O–H groups in total. The second kappa shape index (κ2) is 5.79. The lowest BCUT2D eigenvalue weighted by molar-refractivity contribution is -0.691. The monoisotopic (exact) mass is 314 g/mol. The molecule has 0 saturated carbocycles. The number of nitrogens with two attached hydrogens (primary N) is 1. The van der Waals surface area contributed by atoms with E-state index in [1.807, 2.05) is 38.1 Å². The van der Waals surface area contributed by atoms with Crippen molar-refractivity contribution in [1.82, 2.24) is 15.3 Å². The number of imidazole rings is 1. The maximum atomic E-state index is 10.3. The zero-order valence-corrected chi connectivity index (χ0v) is 13.8. The minimum Gasteiger partial charge on any atom is -0.386 e. The largest absolute Gasteiger partial charge is 0.386 e. The Balaban J connectivity index is 2.32. The van der Waals surface area contributed by atoms with Crippen LogP contribution in [0.3, 0.4) is 0 Å². The van der Waals surface area contributed by atoms with Crippen LogP contribution in [0.2, 0.25) is 0 Å². The number of anilines is 1. The Morgan fingerprint density at radius 3 is 2.78 bits per heavy atom. The number of hydrogen-bond donors (Lipinski definition) is 4. The first-order valence-corrected chi connectivity index (χ1v) is 7.92. The summed E-state index contributed by atoms with van der Waals surface area (Å²) in [5, 5.41) is 14.7. The molecule has 0 fully saturated rings. The van der Waals surface area contributed by atoms with Gasteiger partial charge in [0.05, 0.1) is 23.0 Å². The highest BCUT2D eigenvalue weighted by Crippen LogP contribution is 2.25. The number of hydrogen-bond acceptors (Lipinski definition) is 4. The number of aromatic nitrogens is 3. The normalized spacial score (nSPS) is 12.3. The molecule has 0 radical (unpaired) electrons. The van der Waals surface area contributed by atoms with Gasteiger partial charge in [-0.25, -0.2) is 14.5 Å². The van der Waals surface area contributed by atoms with Gasteiger partial charge in [0.15, 0.2) is 11.3 Å². The van der Waals surface area contributed by atoms with E-state index in [0.29, 0.717) is 18.9 Å². The molecule has 0 spiro atoms. The molecule has 0 saturated heterocycles. The fourth-order valence-corrected chi connectivity index (χ4v) is 2.91. The van der Waals surface area contributed by atoms with Gasteiger partial charge in [0.25, 0.3) is 5.82 Å². The van der Waals surface area contributed by atoms with Gasteiger partial charge in [-0.3, -0.25) is 0 Å². The topological polar surface area (TPSA) is 90.8 Å². The van der Waals surface area contributed by atoms with Gasteiger partial charge in [-0.15, -0.1) is 0 Å². The molecule has 0 atom stereocenters. The quantitative estimate of drug-likeness (QED) is 0.537. The number of nitrogens with zero attached hydrogens (tertiary/aromatic N) is 2. The number of nitrogen functional groups attached to an aromatic ring is 1. The van der Waals surface area contributed by atoms with Gasteiger partial charge in [-0.2, -0.15) is 0 Å². The molecule has 0 unspecified atom stereocenters. The lowest BCUT2D eigenvalue weighted by atomic mass is 10.1. The summed E-state index contributed by atoms with van der Waals surface area (Å²) in [7, 11) is 0. The maximum absolute atomic E-state index is 10.3. The Bertz CT molecular complexity index is 847. The van der Waals surface area contributed by atoms with E-state index in [0.717, 1.165) is 34.3 Å². The SMILES string of the molecule is CCNCc1[nH]c2c(N)nc3ccccc3c2[n+]1CC(C)(C)O. The minimum atomic E-state index is -0.833. The number of para-hydroxylation sites is 1. The number of aliphatic hydroxyl groups is 1. The van der Waals surface area contributed by atoms with Crippen molar-refractivity contribution >= 4 is 27.8 Å². The first-order chi connectivity index (χ1) is 10.9. The zero-order chi connectivity index (χ0) is 16.6. The molecule has 23 heavy (non-hydrogen) atoms. The highest BCUT2D eigenvalue weighted by molar-refractivity contribution is 6.04. The van der Waals surface area contributed by atoms with E-state index in [2.05, 4.69) is 26.8 Å². The molecule has 2 heterocycles. The average Bonchev–Trinajstić information content (AvgIpc) is 2.83. The standard InChI is InChI=1S/C17H23N5O/c1-4-19-9-13-21-14-15(22(13)10-17(2,3)23)11-7-5-6-8-12(11)20-16(14)18/h5-8,19,23H,4,9-10H2,1-3H3,(H2,18,20)/p+1.